The van der Waals surface area contributed by atoms with Crippen LogP contribution in [0, 0.1) is 17.8 Å². The van der Waals surface area contributed by atoms with Gasteiger partial charge in [-0.1, -0.05) is 27.7 Å². The molecular formula is C13H23N3O2. The van der Waals surface area contributed by atoms with E-state index in [-0.39, 0.29) is 11.3 Å². The number of methoxy groups -OCH3 is 1. The number of anilines is 1. The average molecular weight is 253 g/mol. The Hall–Kier alpha value is -1.52. The average Bonchev–Trinajstić information content (AvgIpc) is 2.28. The molecule has 0 aromatic carbocycles. The van der Waals surface area contributed by atoms with E-state index in [1.54, 1.807) is 0 Å². The van der Waals surface area contributed by atoms with Crippen LogP contribution in [-0.2, 0) is 0 Å². The molecule has 0 saturated carbocycles. The van der Waals surface area contributed by atoms with Gasteiger partial charge in [-0.2, -0.15) is 0 Å². The molecule has 1 aromatic rings. The molecule has 0 spiro atoms. The number of nitrogens with one attached hydrogen (secondary N) is 2. The first-order chi connectivity index (χ1) is 8.47. The van der Waals surface area contributed by atoms with Crippen molar-refractivity contribution in [2.45, 2.75) is 27.7 Å². The van der Waals surface area contributed by atoms with Crippen LogP contribution >= 0.6 is 0 Å². The van der Waals surface area contributed by atoms with Gasteiger partial charge in [0.25, 0.3) is 5.56 Å². The Bertz CT molecular complexity index is 418. The zero-order valence-corrected chi connectivity index (χ0v) is 11.8. The predicted octanol–water partition coefficient (Wildman–Crippen LogP) is 2.12. The first-order valence-electron chi connectivity index (χ1n) is 6.32. The van der Waals surface area contributed by atoms with Gasteiger partial charge in [0.05, 0.1) is 13.4 Å². The Morgan fingerprint density at radius 2 is 1.94 bits per heavy atom. The summed E-state index contributed by atoms with van der Waals surface area (Å²) in [5.74, 6) is 2.42. The van der Waals surface area contributed by atoms with E-state index >= 15 is 0 Å². The molecular weight excluding hydrogens is 230 g/mol. The quantitative estimate of drug-likeness (QED) is 0.815. The zero-order chi connectivity index (χ0) is 13.7. The van der Waals surface area contributed by atoms with Crippen LogP contribution in [-0.4, -0.2) is 23.6 Å². The predicted molar refractivity (Wildman–Crippen MR) is 73.1 cm³/mol. The van der Waals surface area contributed by atoms with Gasteiger partial charge < -0.3 is 15.0 Å². The summed E-state index contributed by atoms with van der Waals surface area (Å²) in [5.41, 5.74) is -0.263. The van der Waals surface area contributed by atoms with Crippen molar-refractivity contribution in [1.82, 2.24) is 9.97 Å². The Kier molecular flexibility index (Phi) is 5.19. The molecule has 1 heterocycles. The molecule has 0 atom stereocenters. The van der Waals surface area contributed by atoms with Crippen LogP contribution in [0.1, 0.15) is 27.7 Å². The number of hydrogen-bond donors (Lipinski definition) is 2. The molecule has 0 aliphatic carbocycles. The molecule has 1 rings (SSSR count). The van der Waals surface area contributed by atoms with Crippen molar-refractivity contribution in [2.24, 2.45) is 17.8 Å². The number of aromatic nitrogens is 2. The highest BCUT2D eigenvalue weighted by molar-refractivity contribution is 5.47. The Morgan fingerprint density at radius 1 is 1.33 bits per heavy atom. The van der Waals surface area contributed by atoms with E-state index in [1.165, 1.54) is 13.4 Å². The second-order valence-electron chi connectivity index (χ2n) is 5.15. The van der Waals surface area contributed by atoms with Crippen molar-refractivity contribution in [3.8, 4) is 5.75 Å². The minimum atomic E-state index is -0.263. The summed E-state index contributed by atoms with van der Waals surface area (Å²) >= 11 is 0. The first-order valence-corrected chi connectivity index (χ1v) is 6.32. The maximum absolute atomic E-state index is 11.5. The van der Waals surface area contributed by atoms with Gasteiger partial charge in [-0.05, 0) is 17.8 Å². The van der Waals surface area contributed by atoms with E-state index in [2.05, 4.69) is 43.0 Å². The lowest BCUT2D eigenvalue weighted by molar-refractivity contribution is 0.303. The van der Waals surface area contributed by atoms with Crippen LogP contribution in [0.5, 0.6) is 5.75 Å². The summed E-state index contributed by atoms with van der Waals surface area (Å²) < 4.78 is 5.06. The van der Waals surface area contributed by atoms with Crippen molar-refractivity contribution < 1.29 is 4.74 Å². The number of ether oxygens (including phenoxy) is 1. The summed E-state index contributed by atoms with van der Waals surface area (Å²) in [6, 6.07) is 0. The van der Waals surface area contributed by atoms with E-state index in [0.717, 1.165) is 6.54 Å². The second kappa shape index (κ2) is 6.42. The van der Waals surface area contributed by atoms with Gasteiger partial charge in [-0.25, -0.2) is 4.98 Å². The molecule has 0 bridgehead atoms. The topological polar surface area (TPSA) is 67.0 Å². The smallest absolute Gasteiger partial charge is 0.295 e. The van der Waals surface area contributed by atoms with E-state index < -0.39 is 0 Å². The van der Waals surface area contributed by atoms with Crippen molar-refractivity contribution >= 4 is 5.82 Å². The minimum Gasteiger partial charge on any atom is -0.489 e. The van der Waals surface area contributed by atoms with E-state index in [9.17, 15) is 4.79 Å². The number of H-pyrrole nitrogens is 1. The largest absolute Gasteiger partial charge is 0.489 e. The molecule has 5 heteroatoms. The number of hydrogen-bond acceptors (Lipinski definition) is 4. The second-order valence-corrected chi connectivity index (χ2v) is 5.15. The van der Waals surface area contributed by atoms with Crippen LogP contribution in [0.15, 0.2) is 11.1 Å². The molecule has 18 heavy (non-hydrogen) atoms. The van der Waals surface area contributed by atoms with Gasteiger partial charge in [-0.15, -0.1) is 0 Å². The van der Waals surface area contributed by atoms with Crippen LogP contribution in [0.2, 0.25) is 0 Å². The van der Waals surface area contributed by atoms with Gasteiger partial charge in [0, 0.05) is 6.54 Å². The summed E-state index contributed by atoms with van der Waals surface area (Å²) in [6.45, 7) is 9.59. The maximum atomic E-state index is 11.5. The third-order valence-corrected chi connectivity index (χ3v) is 3.23. The van der Waals surface area contributed by atoms with Gasteiger partial charge in [0.1, 0.15) is 0 Å². The highest BCUT2D eigenvalue weighted by Gasteiger charge is 2.18. The van der Waals surface area contributed by atoms with Gasteiger partial charge in [-0.3, -0.25) is 4.79 Å². The van der Waals surface area contributed by atoms with Crippen molar-refractivity contribution in [3.63, 3.8) is 0 Å². The molecule has 5 nitrogen and oxygen atoms in total. The van der Waals surface area contributed by atoms with Crippen molar-refractivity contribution in [2.75, 3.05) is 19.0 Å². The monoisotopic (exact) mass is 253 g/mol. The minimum absolute atomic E-state index is 0.240. The van der Waals surface area contributed by atoms with Crippen LogP contribution in [0.4, 0.5) is 5.82 Å². The lowest BCUT2D eigenvalue weighted by atomic mass is 9.85. The van der Waals surface area contributed by atoms with E-state index in [4.69, 9.17) is 4.74 Å². The van der Waals surface area contributed by atoms with E-state index in [1.807, 2.05) is 0 Å². The lowest BCUT2D eigenvalue weighted by Crippen LogP contribution is -2.26. The zero-order valence-electron chi connectivity index (χ0n) is 11.8. The molecule has 102 valence electrons. The number of nitrogens with zero attached hydrogens (tertiary/aromatic N) is 1. The highest BCUT2D eigenvalue weighted by atomic mass is 16.5. The van der Waals surface area contributed by atoms with Crippen LogP contribution in [0.3, 0.4) is 0 Å². The van der Waals surface area contributed by atoms with Gasteiger partial charge in [0.15, 0.2) is 5.82 Å². The lowest BCUT2D eigenvalue weighted by Gasteiger charge is -2.25. The molecule has 0 amide bonds. The SMILES string of the molecule is COc1c(NCC(C(C)C)C(C)C)nc[nH]c1=O. The summed E-state index contributed by atoms with van der Waals surface area (Å²) in [7, 11) is 1.47. The standard InChI is InChI=1S/C13H23N3O2/c1-8(2)10(9(3)4)6-14-12-11(18-5)13(17)16-7-15-12/h7-10H,6H2,1-5H3,(H2,14,15,16,17). The third kappa shape index (κ3) is 3.48. The molecule has 0 unspecified atom stereocenters. The Balaban J connectivity index is 2.79. The van der Waals surface area contributed by atoms with Gasteiger partial charge in [0.2, 0.25) is 5.75 Å². The molecule has 0 aliphatic heterocycles. The normalized spacial score (nSPS) is 11.3. The van der Waals surface area contributed by atoms with Crippen molar-refractivity contribution in [1.29, 1.82) is 0 Å². The Labute approximate surface area is 108 Å². The molecule has 0 aliphatic rings. The summed E-state index contributed by atoms with van der Waals surface area (Å²) in [5, 5.41) is 3.21. The Morgan fingerprint density at radius 3 is 2.44 bits per heavy atom. The first kappa shape index (κ1) is 14.5. The number of rotatable bonds is 6. The van der Waals surface area contributed by atoms with Gasteiger partial charge >= 0.3 is 0 Å². The fourth-order valence-electron chi connectivity index (χ4n) is 2.16. The molecule has 2 N–H and O–H groups in total. The van der Waals surface area contributed by atoms with Crippen LogP contribution < -0.4 is 15.6 Å². The van der Waals surface area contributed by atoms with E-state index in [0.29, 0.717) is 23.6 Å². The third-order valence-electron chi connectivity index (χ3n) is 3.23. The summed E-state index contributed by atoms with van der Waals surface area (Å²) in [4.78, 5) is 18.1. The highest BCUT2D eigenvalue weighted by Crippen LogP contribution is 2.22. The van der Waals surface area contributed by atoms with Crippen molar-refractivity contribution in [3.05, 3.63) is 16.7 Å². The number of aromatic amines is 1. The maximum Gasteiger partial charge on any atom is 0.295 e. The molecule has 1 aromatic heterocycles. The molecule has 0 radical (unpaired) electrons. The van der Waals surface area contributed by atoms with Crippen LogP contribution in [0.25, 0.3) is 0 Å². The fourth-order valence-corrected chi connectivity index (χ4v) is 2.16. The fraction of sp³-hybridized carbons (Fsp3) is 0.692. The molecule has 0 fully saturated rings. The molecule has 0 saturated heterocycles. The summed E-state index contributed by atoms with van der Waals surface area (Å²) in [6.07, 6.45) is 1.38.